The molecule has 0 radical (unpaired) electrons. The van der Waals surface area contributed by atoms with Crippen LogP contribution in [0.3, 0.4) is 0 Å². The Morgan fingerprint density at radius 3 is 1.27 bits per heavy atom. The van der Waals surface area contributed by atoms with E-state index < -0.39 is 67.3 Å². The second-order valence-corrected chi connectivity index (χ2v) is 21.7. The Morgan fingerprint density at radius 2 is 0.810 bits per heavy atom. The quantitative estimate of drug-likeness (QED) is 0.0228. The van der Waals surface area contributed by atoms with Crippen molar-refractivity contribution in [2.24, 2.45) is 0 Å². The third-order valence-corrected chi connectivity index (χ3v) is 14.3. The molecule has 0 aromatic carbocycles. The fraction of sp³-hybridized carbons (Fsp3) is 0.761. The number of carbonyl (C=O) groups is 4. The lowest BCUT2D eigenvalue weighted by molar-refractivity contribution is -0.301. The molecule has 1 rings (SSSR count). The van der Waals surface area contributed by atoms with Crippen LogP contribution in [0, 0.1) is 0 Å². The number of hydrogen-bond donors (Lipinski definition) is 3. The maximum Gasteiger partial charge on any atom is 0.335 e. The molecule has 0 spiro atoms. The molecule has 0 bridgehead atoms. The van der Waals surface area contributed by atoms with Gasteiger partial charge in [-0.3, -0.25) is 14.4 Å². The van der Waals surface area contributed by atoms with Crippen molar-refractivity contribution in [3.05, 3.63) is 72.9 Å². The summed E-state index contributed by atoms with van der Waals surface area (Å²) in [5.41, 5.74) is 0. The molecule has 0 aliphatic carbocycles. The van der Waals surface area contributed by atoms with Crippen molar-refractivity contribution < 1.29 is 58.2 Å². The van der Waals surface area contributed by atoms with Crippen molar-refractivity contribution in [3.8, 4) is 0 Å². The van der Waals surface area contributed by atoms with Crippen LogP contribution in [0.4, 0.5) is 0 Å². The molecule has 1 fully saturated rings. The van der Waals surface area contributed by atoms with Crippen LogP contribution in [0.15, 0.2) is 72.9 Å². The van der Waals surface area contributed by atoms with Gasteiger partial charge in [0.25, 0.3) is 0 Å². The van der Waals surface area contributed by atoms with Crippen LogP contribution in [-0.4, -0.2) is 89.2 Å². The minimum absolute atomic E-state index is 0.0528. The second-order valence-electron chi connectivity index (χ2n) is 21.7. The number of rotatable bonds is 54. The third kappa shape index (κ3) is 44.5. The van der Waals surface area contributed by atoms with Gasteiger partial charge in [-0.1, -0.05) is 248 Å². The lowest BCUT2D eigenvalue weighted by atomic mass is 9.98. The van der Waals surface area contributed by atoms with Gasteiger partial charge < -0.3 is 39.0 Å². The van der Waals surface area contributed by atoms with Crippen molar-refractivity contribution in [3.63, 3.8) is 0 Å². The number of hydrogen-bond acceptors (Lipinski definition) is 11. The molecule has 1 aliphatic heterocycles. The largest absolute Gasteiger partial charge is 0.479 e. The molecule has 0 aromatic heterocycles. The first-order chi connectivity index (χ1) is 38.6. The molecule has 3 N–H and O–H groups in total. The SMILES string of the molecule is CC/C=C\C/C=C\C/C=C\C/C=C\C/C=C\CCCC(=O)OCC(COC1OC(C(=O)O)C(O)C(O)C1OC(=O)CCCCCCCCCCC/C=C\CCCCCCCC)OC(=O)CCCCCCCCCCCCCCC. The minimum Gasteiger partial charge on any atom is -0.479 e. The number of esters is 3. The highest BCUT2D eigenvalue weighted by atomic mass is 16.7. The Balaban J connectivity index is 2.68. The number of allylic oxidation sites excluding steroid dienone is 12. The molecule has 79 heavy (non-hydrogen) atoms. The van der Waals surface area contributed by atoms with Gasteiger partial charge in [0.2, 0.25) is 0 Å². The molecule has 12 heteroatoms. The number of unbranched alkanes of at least 4 members (excludes halogenated alkanes) is 28. The highest BCUT2D eigenvalue weighted by molar-refractivity contribution is 5.74. The van der Waals surface area contributed by atoms with Crippen LogP contribution in [0.2, 0.25) is 0 Å². The van der Waals surface area contributed by atoms with E-state index in [-0.39, 0.29) is 25.9 Å². The van der Waals surface area contributed by atoms with E-state index in [9.17, 15) is 34.5 Å². The first kappa shape index (κ1) is 73.2. The fourth-order valence-corrected chi connectivity index (χ4v) is 9.40. The van der Waals surface area contributed by atoms with E-state index in [0.717, 1.165) is 83.5 Å². The van der Waals surface area contributed by atoms with Crippen molar-refractivity contribution in [1.29, 1.82) is 0 Å². The lowest BCUT2D eigenvalue weighted by Gasteiger charge is -2.40. The predicted octanol–water partition coefficient (Wildman–Crippen LogP) is 16.9. The molecule has 1 aliphatic rings. The smallest absolute Gasteiger partial charge is 0.335 e. The maximum atomic E-state index is 13.2. The summed E-state index contributed by atoms with van der Waals surface area (Å²) in [7, 11) is 0. The van der Waals surface area contributed by atoms with Crippen molar-refractivity contribution in [1.82, 2.24) is 0 Å². The average molecular weight is 1110 g/mol. The summed E-state index contributed by atoms with van der Waals surface area (Å²) in [6.07, 6.45) is 57.3. The van der Waals surface area contributed by atoms with Crippen LogP contribution < -0.4 is 0 Å². The van der Waals surface area contributed by atoms with Gasteiger partial charge in [0, 0.05) is 19.3 Å². The summed E-state index contributed by atoms with van der Waals surface area (Å²) in [6, 6.07) is 0. The predicted molar refractivity (Wildman–Crippen MR) is 322 cm³/mol. The standard InChI is InChI=1S/C67H114O12/c1-4-7-10-13-16-19-22-25-27-29-30-32-34-37-40-43-46-49-52-55-61(70)78-65-63(72)62(71)64(66(73)74)79-67(65)76-57-58(77-60(69)54-51-48-45-42-39-35-24-21-18-15-12-9-6-3)56-75-59(68)53-50-47-44-41-38-36-33-31-28-26-23-20-17-14-11-8-5-2/h8,11,17,20,25-28,33,36,41,44,58,62-65,67,71-72H,4-7,9-10,12-16,18-19,21-24,29-32,34-35,37-40,42-43,45-57H2,1-3H3,(H,73,74)/b11-8-,20-17-,27-25-,28-26-,36-33-,44-41-. The highest BCUT2D eigenvalue weighted by Gasteiger charge is 2.50. The number of aliphatic hydroxyl groups excluding tert-OH is 2. The van der Waals surface area contributed by atoms with E-state index in [4.69, 9.17) is 23.7 Å². The van der Waals surface area contributed by atoms with Gasteiger partial charge in [-0.05, 0) is 83.5 Å². The summed E-state index contributed by atoms with van der Waals surface area (Å²) < 4.78 is 28.4. The van der Waals surface area contributed by atoms with Gasteiger partial charge in [-0.25, -0.2) is 4.79 Å². The van der Waals surface area contributed by atoms with Gasteiger partial charge in [-0.15, -0.1) is 0 Å². The fourth-order valence-electron chi connectivity index (χ4n) is 9.40. The molecule has 1 heterocycles. The highest BCUT2D eigenvalue weighted by Crippen LogP contribution is 2.27. The molecule has 1 saturated heterocycles. The Hall–Kier alpha value is -3.84. The number of aliphatic carboxylic acids is 1. The Morgan fingerprint density at radius 1 is 0.430 bits per heavy atom. The molecule has 0 aromatic rings. The zero-order chi connectivity index (χ0) is 57.5. The number of carboxylic acid groups (broad SMARTS) is 1. The Bertz CT molecular complexity index is 1650. The molecule has 6 atom stereocenters. The van der Waals surface area contributed by atoms with Crippen LogP contribution >= 0.6 is 0 Å². The lowest BCUT2D eigenvalue weighted by Crippen LogP contribution is -2.61. The molecular weight excluding hydrogens is 997 g/mol. The van der Waals surface area contributed by atoms with E-state index in [2.05, 4.69) is 87.6 Å². The normalized spacial score (nSPS) is 18.3. The molecule has 0 saturated carbocycles. The summed E-state index contributed by atoms with van der Waals surface area (Å²) in [5.74, 6) is -3.18. The number of ether oxygens (including phenoxy) is 5. The summed E-state index contributed by atoms with van der Waals surface area (Å²) >= 11 is 0. The molecule has 454 valence electrons. The van der Waals surface area contributed by atoms with E-state index in [0.29, 0.717) is 25.7 Å². The topological polar surface area (TPSA) is 175 Å². The van der Waals surface area contributed by atoms with E-state index in [1.54, 1.807) is 0 Å². The van der Waals surface area contributed by atoms with Crippen molar-refractivity contribution >= 4 is 23.9 Å². The molecule has 6 unspecified atom stereocenters. The van der Waals surface area contributed by atoms with Crippen LogP contribution in [-0.2, 0) is 42.9 Å². The van der Waals surface area contributed by atoms with E-state index in [1.165, 1.54) is 128 Å². The Kier molecular flexibility index (Phi) is 50.7. The first-order valence-corrected chi connectivity index (χ1v) is 31.9. The van der Waals surface area contributed by atoms with Gasteiger partial charge in [0.1, 0.15) is 18.8 Å². The van der Waals surface area contributed by atoms with Crippen LogP contribution in [0.5, 0.6) is 0 Å². The summed E-state index contributed by atoms with van der Waals surface area (Å²) in [5, 5.41) is 31.6. The van der Waals surface area contributed by atoms with E-state index >= 15 is 0 Å². The number of carboxylic acids is 1. The third-order valence-electron chi connectivity index (χ3n) is 14.3. The van der Waals surface area contributed by atoms with Crippen LogP contribution in [0.1, 0.15) is 278 Å². The average Bonchev–Trinajstić information content (AvgIpc) is 3.47. The summed E-state index contributed by atoms with van der Waals surface area (Å²) in [6.45, 7) is 5.85. The van der Waals surface area contributed by atoms with Crippen molar-refractivity contribution in [2.75, 3.05) is 13.2 Å². The zero-order valence-corrected chi connectivity index (χ0v) is 50.1. The molecule has 12 nitrogen and oxygen atoms in total. The minimum atomic E-state index is -1.91. The van der Waals surface area contributed by atoms with Crippen molar-refractivity contribution in [2.45, 2.75) is 314 Å². The second kappa shape index (κ2) is 54.7. The maximum absolute atomic E-state index is 13.2. The van der Waals surface area contributed by atoms with E-state index in [1.807, 2.05) is 6.08 Å². The molecular formula is C67H114O12. The van der Waals surface area contributed by atoms with Gasteiger partial charge in [0.05, 0.1) is 6.61 Å². The molecule has 0 amide bonds. The van der Waals surface area contributed by atoms with Gasteiger partial charge in [-0.2, -0.15) is 0 Å². The number of carbonyl (C=O) groups excluding carboxylic acids is 3. The zero-order valence-electron chi connectivity index (χ0n) is 50.1. The summed E-state index contributed by atoms with van der Waals surface area (Å²) in [4.78, 5) is 51.2. The van der Waals surface area contributed by atoms with Gasteiger partial charge in [0.15, 0.2) is 24.6 Å². The monoisotopic (exact) mass is 1110 g/mol. The number of aliphatic hydroxyl groups is 2. The first-order valence-electron chi connectivity index (χ1n) is 31.9. The Labute approximate surface area is 480 Å². The van der Waals surface area contributed by atoms with Gasteiger partial charge >= 0.3 is 23.9 Å². The van der Waals surface area contributed by atoms with Crippen LogP contribution in [0.25, 0.3) is 0 Å².